The third kappa shape index (κ3) is 2.80. The topological polar surface area (TPSA) is 126 Å². The fraction of sp³-hybridized carbons (Fsp3) is 0.375. The first-order chi connectivity index (χ1) is 13.1. The van der Waals surface area contributed by atoms with E-state index in [1.165, 1.54) is 6.07 Å². The van der Waals surface area contributed by atoms with Crippen molar-refractivity contribution in [3.05, 3.63) is 50.6 Å². The lowest BCUT2D eigenvalue weighted by Gasteiger charge is -2.29. The number of nitrogens with zero attached hydrogens (tertiary/aromatic N) is 1. The first kappa shape index (κ1) is 19.5. The van der Waals surface area contributed by atoms with E-state index in [4.69, 9.17) is 4.42 Å². The number of hydrogen-bond donors (Lipinski definition) is 3. The molecule has 0 fully saturated rings. The van der Waals surface area contributed by atoms with Crippen LogP contribution in [0.4, 0.5) is 19.0 Å². The SMILES string of the molecule is CCCCn1c2c(c(=O)[nH]c1=O)[C@@](NC(=O)c1ccco1)(C(F)(F)F)C(=O)N2. The molecule has 0 bridgehead atoms. The number of amides is 2. The summed E-state index contributed by atoms with van der Waals surface area (Å²) >= 11 is 0. The fourth-order valence-electron chi connectivity index (χ4n) is 2.99. The molecule has 150 valence electrons. The molecule has 1 aliphatic heterocycles. The summed E-state index contributed by atoms with van der Waals surface area (Å²) in [6.07, 6.45) is -3.31. The van der Waals surface area contributed by atoms with Crippen LogP contribution in [0.2, 0.25) is 0 Å². The number of alkyl halides is 3. The van der Waals surface area contributed by atoms with Crippen molar-refractivity contribution in [1.29, 1.82) is 0 Å². The molecule has 0 aromatic carbocycles. The van der Waals surface area contributed by atoms with Gasteiger partial charge in [0, 0.05) is 6.54 Å². The molecule has 2 amide bonds. The third-order valence-corrected chi connectivity index (χ3v) is 4.35. The Kier molecular flexibility index (Phi) is 4.65. The van der Waals surface area contributed by atoms with Crippen molar-refractivity contribution in [2.75, 3.05) is 5.32 Å². The Hall–Kier alpha value is -3.31. The normalized spacial score (nSPS) is 18.6. The van der Waals surface area contributed by atoms with Crippen LogP contribution in [0.1, 0.15) is 35.9 Å². The van der Waals surface area contributed by atoms with E-state index < -0.39 is 51.9 Å². The number of anilines is 1. The smallest absolute Gasteiger partial charge is 0.425 e. The molecule has 0 unspecified atom stereocenters. The van der Waals surface area contributed by atoms with E-state index in [0.29, 0.717) is 12.8 Å². The zero-order valence-electron chi connectivity index (χ0n) is 14.5. The van der Waals surface area contributed by atoms with Crippen molar-refractivity contribution in [2.45, 2.75) is 38.0 Å². The van der Waals surface area contributed by atoms with Gasteiger partial charge in [-0.15, -0.1) is 0 Å². The molecule has 2 aromatic rings. The van der Waals surface area contributed by atoms with Crippen molar-refractivity contribution in [2.24, 2.45) is 0 Å². The maximum Gasteiger partial charge on any atom is 0.425 e. The molecule has 1 atom stereocenters. The summed E-state index contributed by atoms with van der Waals surface area (Å²) in [6, 6.07) is 2.37. The van der Waals surface area contributed by atoms with Gasteiger partial charge < -0.3 is 15.1 Å². The van der Waals surface area contributed by atoms with Gasteiger partial charge in [-0.1, -0.05) is 13.3 Å². The van der Waals surface area contributed by atoms with Gasteiger partial charge in [0.1, 0.15) is 11.4 Å². The summed E-state index contributed by atoms with van der Waals surface area (Å²) in [6.45, 7) is 1.76. The molecular weight excluding hydrogens is 385 g/mol. The number of rotatable bonds is 5. The number of H-pyrrole nitrogens is 1. The van der Waals surface area contributed by atoms with Gasteiger partial charge in [-0.3, -0.25) is 23.9 Å². The number of carbonyl (C=O) groups excluding carboxylic acids is 2. The van der Waals surface area contributed by atoms with Gasteiger partial charge in [-0.25, -0.2) is 4.79 Å². The quantitative estimate of drug-likeness (QED) is 0.692. The number of hydrogen-bond acceptors (Lipinski definition) is 5. The zero-order valence-corrected chi connectivity index (χ0v) is 14.5. The predicted octanol–water partition coefficient (Wildman–Crippen LogP) is 1.07. The van der Waals surface area contributed by atoms with Crippen LogP contribution >= 0.6 is 0 Å². The van der Waals surface area contributed by atoms with Crippen molar-refractivity contribution in [1.82, 2.24) is 14.9 Å². The molecule has 28 heavy (non-hydrogen) atoms. The van der Waals surface area contributed by atoms with E-state index in [0.717, 1.165) is 16.9 Å². The highest BCUT2D eigenvalue weighted by Gasteiger charge is 2.68. The number of aromatic amines is 1. The van der Waals surface area contributed by atoms with Gasteiger partial charge in [0.15, 0.2) is 5.76 Å². The first-order valence-electron chi connectivity index (χ1n) is 8.25. The van der Waals surface area contributed by atoms with Crippen LogP contribution in [0.25, 0.3) is 0 Å². The number of carbonyl (C=O) groups is 2. The van der Waals surface area contributed by atoms with Crippen LogP contribution < -0.4 is 21.9 Å². The van der Waals surface area contributed by atoms with Crippen LogP contribution in [0.3, 0.4) is 0 Å². The summed E-state index contributed by atoms with van der Waals surface area (Å²) in [5.41, 5.74) is -7.17. The third-order valence-electron chi connectivity index (χ3n) is 4.35. The monoisotopic (exact) mass is 400 g/mol. The maximum atomic E-state index is 14.1. The summed E-state index contributed by atoms with van der Waals surface area (Å²) in [5, 5.41) is 3.52. The van der Waals surface area contributed by atoms with Crippen molar-refractivity contribution >= 4 is 17.6 Å². The van der Waals surface area contributed by atoms with Crippen LogP contribution in [-0.2, 0) is 16.9 Å². The second kappa shape index (κ2) is 6.69. The van der Waals surface area contributed by atoms with Gasteiger partial charge in [-0.05, 0) is 18.6 Å². The summed E-state index contributed by atoms with van der Waals surface area (Å²) in [4.78, 5) is 50.8. The highest BCUT2D eigenvalue weighted by Crippen LogP contribution is 2.45. The number of unbranched alkanes of at least 4 members (excludes halogenated alkanes) is 1. The minimum absolute atomic E-state index is 0.0329. The molecular formula is C16H15F3N4O5. The summed E-state index contributed by atoms with van der Waals surface area (Å²) < 4.78 is 47.8. The molecule has 12 heteroatoms. The highest BCUT2D eigenvalue weighted by molar-refractivity contribution is 6.08. The van der Waals surface area contributed by atoms with Crippen molar-refractivity contribution < 1.29 is 27.2 Å². The summed E-state index contributed by atoms with van der Waals surface area (Å²) in [5.74, 6) is -4.13. The molecule has 2 aromatic heterocycles. The van der Waals surface area contributed by atoms with E-state index >= 15 is 0 Å². The van der Waals surface area contributed by atoms with Crippen molar-refractivity contribution in [3.63, 3.8) is 0 Å². The molecule has 9 nitrogen and oxygen atoms in total. The summed E-state index contributed by atoms with van der Waals surface area (Å²) in [7, 11) is 0. The Balaban J connectivity index is 2.24. The Morgan fingerprint density at radius 1 is 1.32 bits per heavy atom. The minimum Gasteiger partial charge on any atom is -0.459 e. The lowest BCUT2D eigenvalue weighted by molar-refractivity contribution is -0.196. The van der Waals surface area contributed by atoms with Gasteiger partial charge in [-0.2, -0.15) is 13.2 Å². The van der Waals surface area contributed by atoms with Gasteiger partial charge in [0.05, 0.1) is 6.26 Å². The molecule has 3 heterocycles. The Morgan fingerprint density at radius 2 is 2.04 bits per heavy atom. The first-order valence-corrected chi connectivity index (χ1v) is 8.25. The van der Waals surface area contributed by atoms with E-state index in [1.54, 1.807) is 17.2 Å². The molecule has 0 saturated carbocycles. The Morgan fingerprint density at radius 3 is 2.61 bits per heavy atom. The van der Waals surface area contributed by atoms with E-state index in [9.17, 15) is 32.3 Å². The van der Waals surface area contributed by atoms with Gasteiger partial charge >= 0.3 is 11.9 Å². The van der Waals surface area contributed by atoms with E-state index in [1.807, 2.05) is 5.32 Å². The van der Waals surface area contributed by atoms with Gasteiger partial charge in [0.25, 0.3) is 22.9 Å². The Bertz CT molecular complexity index is 1040. The Labute approximate surface area is 154 Å². The average molecular weight is 400 g/mol. The lowest BCUT2D eigenvalue weighted by Crippen LogP contribution is -2.62. The molecule has 0 aliphatic carbocycles. The zero-order chi connectivity index (χ0) is 20.7. The minimum atomic E-state index is -5.38. The average Bonchev–Trinajstić information content (AvgIpc) is 3.22. The molecule has 0 radical (unpaired) electrons. The van der Waals surface area contributed by atoms with Crippen LogP contribution in [-0.4, -0.2) is 27.5 Å². The van der Waals surface area contributed by atoms with E-state index in [-0.39, 0.29) is 6.54 Å². The van der Waals surface area contributed by atoms with Crippen LogP contribution in [0, 0.1) is 0 Å². The molecule has 3 rings (SSSR count). The largest absolute Gasteiger partial charge is 0.459 e. The second-order valence-corrected chi connectivity index (χ2v) is 6.12. The predicted molar refractivity (Wildman–Crippen MR) is 88.8 cm³/mol. The maximum absolute atomic E-state index is 14.1. The van der Waals surface area contributed by atoms with Crippen LogP contribution in [0.15, 0.2) is 32.4 Å². The second-order valence-electron chi connectivity index (χ2n) is 6.12. The number of aromatic nitrogens is 2. The standard InChI is InChI=1S/C16H15F3N4O5/c1-2-3-6-23-10-9(12(25)21-14(23)27)15(13(26)20-10,16(17,18)19)22-11(24)8-5-4-7-28-8/h4-5,7H,2-3,6H2,1H3,(H,20,26)(H,22,24)(H,21,25,27)/t15-/m0/s1. The lowest BCUT2D eigenvalue weighted by atomic mass is 9.91. The fourth-order valence-corrected chi connectivity index (χ4v) is 2.99. The number of furan rings is 1. The molecule has 0 spiro atoms. The number of halogens is 3. The number of fused-ring (bicyclic) bond motifs is 1. The van der Waals surface area contributed by atoms with Crippen LogP contribution in [0.5, 0.6) is 0 Å². The van der Waals surface area contributed by atoms with Gasteiger partial charge in [0.2, 0.25) is 0 Å². The van der Waals surface area contributed by atoms with E-state index in [2.05, 4.69) is 0 Å². The molecule has 1 aliphatic rings. The number of nitrogens with one attached hydrogen (secondary N) is 3. The highest BCUT2D eigenvalue weighted by atomic mass is 19.4. The van der Waals surface area contributed by atoms with Crippen molar-refractivity contribution in [3.8, 4) is 0 Å². The molecule has 0 saturated heterocycles. The molecule has 3 N–H and O–H groups in total.